The standard InChI is InChI=1S/C12H19B/c1-9(2)8-11-6-4-5-7-12(11)10(3)13/h8H,3-7,13H2,1-2H3. The molecule has 0 saturated carbocycles. The molecule has 0 radical (unpaired) electrons. The fraction of sp³-hybridized carbons (Fsp3) is 0.500. The van der Waals surface area contributed by atoms with Crippen LogP contribution in [0.2, 0.25) is 0 Å². The molecule has 0 nitrogen and oxygen atoms in total. The maximum Gasteiger partial charge on any atom is 0.138 e. The third-order valence-electron chi connectivity index (χ3n) is 2.49. The summed E-state index contributed by atoms with van der Waals surface area (Å²) >= 11 is 0. The van der Waals surface area contributed by atoms with E-state index in [-0.39, 0.29) is 0 Å². The van der Waals surface area contributed by atoms with Crippen LogP contribution in [0.5, 0.6) is 0 Å². The highest BCUT2D eigenvalue weighted by Crippen LogP contribution is 2.29. The van der Waals surface area contributed by atoms with Crippen molar-refractivity contribution in [3.63, 3.8) is 0 Å². The zero-order chi connectivity index (χ0) is 9.84. The highest BCUT2D eigenvalue weighted by molar-refractivity contribution is 6.24. The predicted molar refractivity (Wildman–Crippen MR) is 62.6 cm³/mol. The van der Waals surface area contributed by atoms with Crippen LogP contribution in [0.15, 0.2) is 34.8 Å². The Bertz CT molecular complexity index is 265. The number of allylic oxidation sites excluding steroid dienone is 5. The van der Waals surface area contributed by atoms with E-state index in [0.717, 1.165) is 0 Å². The first-order valence-electron chi connectivity index (χ1n) is 5.14. The van der Waals surface area contributed by atoms with Crippen LogP contribution in [0, 0.1) is 0 Å². The predicted octanol–water partition coefficient (Wildman–Crippen LogP) is 2.97. The third kappa shape index (κ3) is 2.91. The summed E-state index contributed by atoms with van der Waals surface area (Å²) in [6.45, 7) is 8.38. The first kappa shape index (κ1) is 10.4. The zero-order valence-electron chi connectivity index (χ0n) is 9.11. The average Bonchev–Trinajstić information content (AvgIpc) is 2.03. The van der Waals surface area contributed by atoms with E-state index in [1.165, 1.54) is 47.9 Å². The van der Waals surface area contributed by atoms with Gasteiger partial charge >= 0.3 is 0 Å². The Morgan fingerprint density at radius 1 is 1.31 bits per heavy atom. The van der Waals surface area contributed by atoms with Gasteiger partial charge in [-0.1, -0.05) is 22.7 Å². The van der Waals surface area contributed by atoms with Gasteiger partial charge in [0.2, 0.25) is 0 Å². The molecular weight excluding hydrogens is 155 g/mol. The van der Waals surface area contributed by atoms with Gasteiger partial charge in [0.15, 0.2) is 0 Å². The molecule has 0 heterocycles. The Hall–Kier alpha value is -0.715. The second-order valence-corrected chi connectivity index (χ2v) is 4.21. The monoisotopic (exact) mass is 174 g/mol. The van der Waals surface area contributed by atoms with Crippen molar-refractivity contribution in [2.45, 2.75) is 39.5 Å². The summed E-state index contributed by atoms with van der Waals surface area (Å²) in [5, 5.41) is 0. The molecule has 0 fully saturated rings. The number of hydrogen-bond donors (Lipinski definition) is 0. The van der Waals surface area contributed by atoms with E-state index in [0.29, 0.717) is 0 Å². The van der Waals surface area contributed by atoms with Gasteiger partial charge in [-0.25, -0.2) is 0 Å². The molecule has 0 unspecified atom stereocenters. The van der Waals surface area contributed by atoms with Crippen LogP contribution in [0.25, 0.3) is 0 Å². The Morgan fingerprint density at radius 3 is 2.46 bits per heavy atom. The highest BCUT2D eigenvalue weighted by atomic mass is 14.1. The Kier molecular flexibility index (Phi) is 3.59. The van der Waals surface area contributed by atoms with Crippen molar-refractivity contribution in [1.82, 2.24) is 0 Å². The lowest BCUT2D eigenvalue weighted by Gasteiger charge is -2.18. The minimum absolute atomic E-state index is 1.23. The van der Waals surface area contributed by atoms with Crippen molar-refractivity contribution in [2.24, 2.45) is 0 Å². The van der Waals surface area contributed by atoms with E-state index in [1.54, 1.807) is 0 Å². The van der Waals surface area contributed by atoms with Crippen LogP contribution in [0.3, 0.4) is 0 Å². The van der Waals surface area contributed by atoms with E-state index < -0.39 is 0 Å². The van der Waals surface area contributed by atoms with Gasteiger partial charge in [-0.05, 0) is 45.1 Å². The van der Waals surface area contributed by atoms with Gasteiger partial charge < -0.3 is 0 Å². The van der Waals surface area contributed by atoms with Crippen LogP contribution in [0.1, 0.15) is 39.5 Å². The molecule has 0 aromatic heterocycles. The smallest absolute Gasteiger partial charge is 0.105 e. The minimum Gasteiger partial charge on any atom is -0.105 e. The largest absolute Gasteiger partial charge is 0.138 e. The fourth-order valence-corrected chi connectivity index (χ4v) is 1.92. The second kappa shape index (κ2) is 4.50. The van der Waals surface area contributed by atoms with Gasteiger partial charge in [-0.2, -0.15) is 0 Å². The van der Waals surface area contributed by atoms with Crippen LogP contribution in [-0.2, 0) is 0 Å². The number of rotatable bonds is 2. The summed E-state index contributed by atoms with van der Waals surface area (Å²) in [7, 11) is 2.12. The second-order valence-electron chi connectivity index (χ2n) is 4.21. The highest BCUT2D eigenvalue weighted by Gasteiger charge is 2.10. The Balaban J connectivity index is 2.97. The first-order chi connectivity index (χ1) is 6.11. The minimum atomic E-state index is 1.23. The Morgan fingerprint density at radius 2 is 1.92 bits per heavy atom. The van der Waals surface area contributed by atoms with Gasteiger partial charge in [-0.3, -0.25) is 0 Å². The molecule has 70 valence electrons. The zero-order valence-corrected chi connectivity index (χ0v) is 9.11. The summed E-state index contributed by atoms with van der Waals surface area (Å²) in [4.78, 5) is 0. The van der Waals surface area contributed by atoms with Crippen molar-refractivity contribution in [3.8, 4) is 0 Å². The molecule has 0 N–H and O–H groups in total. The fourth-order valence-electron chi connectivity index (χ4n) is 1.92. The van der Waals surface area contributed by atoms with E-state index in [4.69, 9.17) is 0 Å². The van der Waals surface area contributed by atoms with Gasteiger partial charge in [-0.15, -0.1) is 6.58 Å². The van der Waals surface area contributed by atoms with Crippen molar-refractivity contribution in [1.29, 1.82) is 0 Å². The average molecular weight is 174 g/mol. The van der Waals surface area contributed by atoms with Crippen molar-refractivity contribution in [3.05, 3.63) is 34.8 Å². The maximum atomic E-state index is 4.05. The SMILES string of the molecule is BC(=C)C1=C(C=C(C)C)CCCC1. The molecule has 0 atom stereocenters. The maximum absolute atomic E-state index is 4.05. The molecule has 0 aromatic carbocycles. The van der Waals surface area contributed by atoms with Crippen LogP contribution >= 0.6 is 0 Å². The number of hydrogen-bond acceptors (Lipinski definition) is 0. The molecule has 0 saturated heterocycles. The molecule has 13 heavy (non-hydrogen) atoms. The molecule has 0 bridgehead atoms. The summed E-state index contributed by atoms with van der Waals surface area (Å²) in [6, 6.07) is 0. The molecular formula is C12H19B. The molecule has 1 heteroatoms. The van der Waals surface area contributed by atoms with Gasteiger partial charge in [0.05, 0.1) is 0 Å². The molecule has 1 rings (SSSR count). The summed E-state index contributed by atoms with van der Waals surface area (Å²) in [5.41, 5.74) is 5.69. The molecule has 1 aliphatic carbocycles. The van der Waals surface area contributed by atoms with Crippen LogP contribution in [-0.4, -0.2) is 7.85 Å². The molecule has 0 aromatic rings. The Labute approximate surface area is 82.8 Å². The normalized spacial score (nSPS) is 17.1. The summed E-state index contributed by atoms with van der Waals surface area (Å²) in [6.07, 6.45) is 7.48. The van der Waals surface area contributed by atoms with Crippen molar-refractivity contribution in [2.75, 3.05) is 0 Å². The third-order valence-corrected chi connectivity index (χ3v) is 2.49. The summed E-state index contributed by atoms with van der Waals surface area (Å²) < 4.78 is 0. The lowest BCUT2D eigenvalue weighted by atomic mass is 9.79. The van der Waals surface area contributed by atoms with E-state index in [1.807, 2.05) is 0 Å². The lowest BCUT2D eigenvalue weighted by molar-refractivity contribution is 0.691. The van der Waals surface area contributed by atoms with E-state index in [2.05, 4.69) is 34.3 Å². The molecule has 0 aliphatic heterocycles. The first-order valence-corrected chi connectivity index (χ1v) is 5.14. The van der Waals surface area contributed by atoms with Crippen molar-refractivity contribution >= 4 is 7.85 Å². The summed E-state index contributed by atoms with van der Waals surface area (Å²) in [5.74, 6) is 0. The molecule has 0 amide bonds. The van der Waals surface area contributed by atoms with Gasteiger partial charge in [0, 0.05) is 0 Å². The van der Waals surface area contributed by atoms with Gasteiger partial charge in [0.1, 0.15) is 7.85 Å². The molecule has 1 aliphatic rings. The van der Waals surface area contributed by atoms with E-state index >= 15 is 0 Å². The van der Waals surface area contributed by atoms with Gasteiger partial charge in [0.25, 0.3) is 0 Å². The van der Waals surface area contributed by atoms with Crippen molar-refractivity contribution < 1.29 is 0 Å². The lowest BCUT2D eigenvalue weighted by Crippen LogP contribution is -2.00. The van der Waals surface area contributed by atoms with Crippen LogP contribution < -0.4 is 0 Å². The molecule has 0 spiro atoms. The quantitative estimate of drug-likeness (QED) is 0.564. The van der Waals surface area contributed by atoms with Crippen LogP contribution in [0.4, 0.5) is 0 Å². The topological polar surface area (TPSA) is 0 Å². The van der Waals surface area contributed by atoms with E-state index in [9.17, 15) is 0 Å².